The molecule has 0 atom stereocenters. The van der Waals surface area contributed by atoms with Crippen molar-refractivity contribution in [3.63, 3.8) is 0 Å². The number of benzene rings is 2. The molecule has 0 fully saturated rings. The molecule has 3 aromatic rings. The Bertz CT molecular complexity index is 932. The third kappa shape index (κ3) is 4.34. The Hall–Kier alpha value is -2.99. The number of hydrogen-bond donors (Lipinski definition) is 1. The van der Waals surface area contributed by atoms with Gasteiger partial charge in [-0.3, -0.25) is 4.79 Å². The molecule has 1 amide bonds. The summed E-state index contributed by atoms with van der Waals surface area (Å²) in [6.45, 7) is 1.97. The van der Waals surface area contributed by atoms with Crippen LogP contribution in [0.2, 0.25) is 0 Å². The number of ether oxygens (including phenoxy) is 1. The van der Waals surface area contributed by atoms with Gasteiger partial charge in [0, 0.05) is 16.6 Å². The van der Waals surface area contributed by atoms with Gasteiger partial charge >= 0.3 is 5.97 Å². The number of rotatable bonds is 5. The Morgan fingerprint density at radius 3 is 2.58 bits per heavy atom. The average molecular weight is 366 g/mol. The number of carbonyl (C=O) groups is 2. The van der Waals surface area contributed by atoms with Crippen LogP contribution in [-0.4, -0.2) is 24.0 Å². The molecule has 0 bridgehead atoms. The van der Waals surface area contributed by atoms with E-state index in [1.165, 1.54) is 7.11 Å². The minimum atomic E-state index is -0.436. The fraction of sp³-hybridized carbons (Fsp3) is 0.150. The minimum Gasteiger partial charge on any atom is -0.465 e. The number of hydrogen-bond acceptors (Lipinski definition) is 5. The summed E-state index contributed by atoms with van der Waals surface area (Å²) in [5.41, 5.74) is 3.84. The van der Waals surface area contributed by atoms with Crippen molar-refractivity contribution in [1.82, 2.24) is 4.98 Å². The molecule has 0 spiro atoms. The molecule has 1 aromatic heterocycles. The van der Waals surface area contributed by atoms with Gasteiger partial charge in [-0.25, -0.2) is 9.78 Å². The smallest absolute Gasteiger partial charge is 0.337 e. The van der Waals surface area contributed by atoms with E-state index in [9.17, 15) is 9.59 Å². The van der Waals surface area contributed by atoms with E-state index in [-0.39, 0.29) is 12.3 Å². The number of nitrogens with zero attached hydrogens (tertiary/aromatic N) is 1. The van der Waals surface area contributed by atoms with Crippen LogP contribution >= 0.6 is 11.3 Å². The van der Waals surface area contributed by atoms with E-state index in [1.54, 1.807) is 35.6 Å². The fourth-order valence-corrected chi connectivity index (χ4v) is 3.14. The zero-order valence-electron chi connectivity index (χ0n) is 14.5. The average Bonchev–Trinajstić information content (AvgIpc) is 3.08. The van der Waals surface area contributed by atoms with E-state index in [0.29, 0.717) is 11.3 Å². The summed E-state index contributed by atoms with van der Waals surface area (Å²) >= 11 is 1.61. The largest absolute Gasteiger partial charge is 0.465 e. The van der Waals surface area contributed by atoms with Crippen LogP contribution in [0, 0.1) is 6.92 Å². The SMILES string of the molecule is COC(=O)c1cccc(NC(=O)Cc2ccc(-c3csc(C)n3)cc2)c1. The highest BCUT2D eigenvalue weighted by molar-refractivity contribution is 7.09. The molecule has 1 N–H and O–H groups in total. The van der Waals surface area contributed by atoms with Crippen molar-refractivity contribution in [2.45, 2.75) is 13.3 Å². The molecule has 0 saturated heterocycles. The van der Waals surface area contributed by atoms with Crippen LogP contribution < -0.4 is 5.32 Å². The maximum atomic E-state index is 12.3. The first-order valence-electron chi connectivity index (χ1n) is 8.05. The highest BCUT2D eigenvalue weighted by atomic mass is 32.1. The number of thiazole rings is 1. The molecular formula is C20H18N2O3S. The number of carbonyl (C=O) groups excluding carboxylic acids is 2. The Kier molecular flexibility index (Phi) is 5.43. The van der Waals surface area contributed by atoms with E-state index in [0.717, 1.165) is 21.8 Å². The van der Waals surface area contributed by atoms with Gasteiger partial charge in [0.15, 0.2) is 0 Å². The van der Waals surface area contributed by atoms with Gasteiger partial charge < -0.3 is 10.1 Å². The second-order valence-electron chi connectivity index (χ2n) is 5.75. The maximum Gasteiger partial charge on any atom is 0.337 e. The number of anilines is 1. The van der Waals surface area contributed by atoms with E-state index < -0.39 is 5.97 Å². The quantitative estimate of drug-likeness (QED) is 0.691. The summed E-state index contributed by atoms with van der Waals surface area (Å²) < 4.78 is 4.69. The molecule has 1 heterocycles. The van der Waals surface area contributed by atoms with Crippen molar-refractivity contribution in [3.8, 4) is 11.3 Å². The second-order valence-corrected chi connectivity index (χ2v) is 6.81. The fourth-order valence-electron chi connectivity index (χ4n) is 2.52. The molecule has 0 radical (unpaired) electrons. The van der Waals surface area contributed by atoms with Crippen LogP contribution in [0.25, 0.3) is 11.3 Å². The Balaban J connectivity index is 1.64. The Labute approximate surface area is 155 Å². The van der Waals surface area contributed by atoms with Crippen molar-refractivity contribution >= 4 is 28.9 Å². The predicted octanol–water partition coefficient (Wildman–Crippen LogP) is 4.09. The monoisotopic (exact) mass is 366 g/mol. The van der Waals surface area contributed by atoms with Gasteiger partial charge in [0.25, 0.3) is 0 Å². The Morgan fingerprint density at radius 1 is 1.15 bits per heavy atom. The molecule has 132 valence electrons. The molecule has 2 aromatic carbocycles. The second kappa shape index (κ2) is 7.93. The lowest BCUT2D eigenvalue weighted by Gasteiger charge is -2.07. The minimum absolute atomic E-state index is 0.149. The van der Waals surface area contributed by atoms with Gasteiger partial charge in [-0.15, -0.1) is 11.3 Å². The maximum absolute atomic E-state index is 12.3. The van der Waals surface area contributed by atoms with E-state index >= 15 is 0 Å². The molecule has 0 aliphatic rings. The van der Waals surface area contributed by atoms with E-state index in [2.05, 4.69) is 15.0 Å². The van der Waals surface area contributed by atoms with Gasteiger partial charge in [-0.1, -0.05) is 30.3 Å². The van der Waals surface area contributed by atoms with Gasteiger partial charge in [0.1, 0.15) is 0 Å². The van der Waals surface area contributed by atoms with Crippen LogP contribution in [0.15, 0.2) is 53.9 Å². The third-order valence-electron chi connectivity index (χ3n) is 3.80. The van der Waals surface area contributed by atoms with Gasteiger partial charge in [0.05, 0.1) is 29.8 Å². The first-order chi connectivity index (χ1) is 12.5. The molecule has 6 heteroatoms. The lowest BCUT2D eigenvalue weighted by molar-refractivity contribution is -0.115. The zero-order chi connectivity index (χ0) is 18.5. The van der Waals surface area contributed by atoms with Crippen molar-refractivity contribution in [2.75, 3.05) is 12.4 Å². The summed E-state index contributed by atoms with van der Waals surface area (Å²) in [6, 6.07) is 14.5. The van der Waals surface area contributed by atoms with Crippen molar-refractivity contribution < 1.29 is 14.3 Å². The highest BCUT2D eigenvalue weighted by Crippen LogP contribution is 2.22. The first kappa shape index (κ1) is 17.8. The van der Waals surface area contributed by atoms with Crippen molar-refractivity contribution in [2.24, 2.45) is 0 Å². The number of amides is 1. The number of esters is 1. The molecule has 0 aliphatic heterocycles. The molecule has 5 nitrogen and oxygen atoms in total. The van der Waals surface area contributed by atoms with Crippen LogP contribution in [0.3, 0.4) is 0 Å². The van der Waals surface area contributed by atoms with Crippen molar-refractivity contribution in [3.05, 3.63) is 70.0 Å². The van der Waals surface area contributed by atoms with Crippen LogP contribution in [-0.2, 0) is 16.0 Å². The summed E-state index contributed by atoms with van der Waals surface area (Å²) in [5, 5.41) is 5.85. The lowest BCUT2D eigenvalue weighted by Crippen LogP contribution is -2.14. The number of methoxy groups -OCH3 is 1. The Morgan fingerprint density at radius 2 is 1.92 bits per heavy atom. The first-order valence-corrected chi connectivity index (χ1v) is 8.93. The lowest BCUT2D eigenvalue weighted by atomic mass is 10.1. The molecule has 3 rings (SSSR count). The standard InChI is InChI=1S/C20H18N2O3S/c1-13-21-18(12-26-13)15-8-6-14(7-9-15)10-19(23)22-17-5-3-4-16(11-17)20(24)25-2/h3-9,11-12H,10H2,1-2H3,(H,22,23). The third-order valence-corrected chi connectivity index (χ3v) is 4.57. The van der Waals surface area contributed by atoms with Crippen LogP contribution in [0.1, 0.15) is 20.9 Å². The number of nitrogens with one attached hydrogen (secondary N) is 1. The molecule has 0 saturated carbocycles. The summed E-state index contributed by atoms with van der Waals surface area (Å²) in [6.07, 6.45) is 0.249. The van der Waals surface area contributed by atoms with Gasteiger partial charge in [-0.2, -0.15) is 0 Å². The normalized spacial score (nSPS) is 10.4. The number of aryl methyl sites for hydroxylation is 1. The van der Waals surface area contributed by atoms with E-state index in [1.807, 2.05) is 36.6 Å². The predicted molar refractivity (Wildman–Crippen MR) is 102 cm³/mol. The number of aromatic nitrogens is 1. The summed E-state index contributed by atoms with van der Waals surface area (Å²) in [5.74, 6) is -0.585. The molecule has 0 unspecified atom stereocenters. The molecule has 0 aliphatic carbocycles. The summed E-state index contributed by atoms with van der Waals surface area (Å²) in [7, 11) is 1.32. The zero-order valence-corrected chi connectivity index (χ0v) is 15.3. The van der Waals surface area contributed by atoms with E-state index in [4.69, 9.17) is 0 Å². The summed E-state index contributed by atoms with van der Waals surface area (Å²) in [4.78, 5) is 28.3. The van der Waals surface area contributed by atoms with Gasteiger partial charge in [-0.05, 0) is 30.7 Å². The van der Waals surface area contributed by atoms with Crippen molar-refractivity contribution in [1.29, 1.82) is 0 Å². The highest BCUT2D eigenvalue weighted by Gasteiger charge is 2.09. The topological polar surface area (TPSA) is 68.3 Å². The van der Waals surface area contributed by atoms with Gasteiger partial charge in [0.2, 0.25) is 5.91 Å². The molecular weight excluding hydrogens is 348 g/mol. The van der Waals surface area contributed by atoms with Crippen LogP contribution in [0.5, 0.6) is 0 Å². The van der Waals surface area contributed by atoms with Crippen LogP contribution in [0.4, 0.5) is 5.69 Å². The molecule has 26 heavy (non-hydrogen) atoms.